The maximum atomic E-state index is 11.8. The number of rotatable bonds is 5. The van der Waals surface area contributed by atoms with Crippen LogP contribution in [0.4, 0.5) is 5.69 Å². The summed E-state index contributed by atoms with van der Waals surface area (Å²) >= 11 is 6.03. The Bertz CT molecular complexity index is 1120. The molecule has 0 bridgehead atoms. The Kier molecular flexibility index (Phi) is 5.58. The summed E-state index contributed by atoms with van der Waals surface area (Å²) in [4.78, 5) is 8.59. The molecule has 0 unspecified atom stereocenters. The zero-order chi connectivity index (χ0) is 20.5. The number of sulfonamides is 1. The number of halogens is 1. The Hall–Kier alpha value is -2.64. The van der Waals surface area contributed by atoms with E-state index in [2.05, 4.69) is 14.7 Å². The number of nitrogens with one attached hydrogen (secondary N) is 1. The fourth-order valence-electron chi connectivity index (χ4n) is 2.93. The molecule has 28 heavy (non-hydrogen) atoms. The van der Waals surface area contributed by atoms with Crippen LogP contribution in [0.5, 0.6) is 11.6 Å². The number of hydrogen-bond donors (Lipinski definition) is 1. The lowest BCUT2D eigenvalue weighted by atomic mass is 10.1. The lowest BCUT2D eigenvalue weighted by Gasteiger charge is -2.16. The summed E-state index contributed by atoms with van der Waals surface area (Å²) in [6, 6.07) is 9.02. The molecule has 0 fully saturated rings. The summed E-state index contributed by atoms with van der Waals surface area (Å²) in [6.45, 7) is 5.87. The van der Waals surface area contributed by atoms with Gasteiger partial charge in [0.25, 0.3) is 0 Å². The smallest absolute Gasteiger partial charge is 0.244 e. The van der Waals surface area contributed by atoms with E-state index in [9.17, 15) is 8.42 Å². The number of nitrogens with zero attached hydrogens (tertiary/aromatic N) is 2. The van der Waals surface area contributed by atoms with Crippen molar-refractivity contribution in [1.82, 2.24) is 9.97 Å². The Morgan fingerprint density at radius 1 is 1.04 bits per heavy atom. The van der Waals surface area contributed by atoms with Gasteiger partial charge in [0.2, 0.25) is 15.9 Å². The molecule has 2 aromatic heterocycles. The van der Waals surface area contributed by atoms with Crippen LogP contribution in [-0.4, -0.2) is 24.6 Å². The molecular weight excluding hydrogens is 398 g/mol. The van der Waals surface area contributed by atoms with Crippen LogP contribution >= 0.6 is 11.6 Å². The van der Waals surface area contributed by atoms with Gasteiger partial charge in [0.15, 0.2) is 0 Å². The van der Waals surface area contributed by atoms with Gasteiger partial charge >= 0.3 is 0 Å². The van der Waals surface area contributed by atoms with Gasteiger partial charge in [-0.15, -0.1) is 0 Å². The van der Waals surface area contributed by atoms with E-state index in [0.717, 1.165) is 22.9 Å². The topological polar surface area (TPSA) is 81.2 Å². The quantitative estimate of drug-likeness (QED) is 0.639. The van der Waals surface area contributed by atoms with Gasteiger partial charge in [-0.1, -0.05) is 29.3 Å². The van der Waals surface area contributed by atoms with Crippen molar-refractivity contribution in [1.29, 1.82) is 0 Å². The van der Waals surface area contributed by atoms with E-state index >= 15 is 0 Å². The van der Waals surface area contributed by atoms with Crippen LogP contribution in [0.15, 0.2) is 42.7 Å². The Labute approximate surface area is 169 Å². The molecular formula is C20H20ClN3O3S. The number of hydrogen-bond acceptors (Lipinski definition) is 5. The number of ether oxygens (including phenoxy) is 1. The average Bonchev–Trinajstić information content (AvgIpc) is 2.58. The van der Waals surface area contributed by atoms with E-state index in [4.69, 9.17) is 16.3 Å². The fourth-order valence-corrected chi connectivity index (χ4v) is 3.66. The summed E-state index contributed by atoms with van der Waals surface area (Å²) < 4.78 is 32.0. The molecule has 0 saturated carbocycles. The molecule has 2 heterocycles. The van der Waals surface area contributed by atoms with Crippen molar-refractivity contribution in [3.8, 4) is 22.9 Å². The molecule has 3 rings (SSSR count). The number of benzene rings is 1. The second-order valence-corrected chi connectivity index (χ2v) is 8.83. The van der Waals surface area contributed by atoms with E-state index in [1.54, 1.807) is 24.4 Å². The van der Waals surface area contributed by atoms with Crippen molar-refractivity contribution in [3.05, 3.63) is 64.4 Å². The molecule has 3 aromatic rings. The zero-order valence-corrected chi connectivity index (χ0v) is 17.5. The number of pyridine rings is 2. The third-order valence-electron chi connectivity index (χ3n) is 3.96. The lowest BCUT2D eigenvalue weighted by Crippen LogP contribution is -2.11. The molecule has 146 valence electrons. The van der Waals surface area contributed by atoms with Crippen molar-refractivity contribution in [2.45, 2.75) is 20.8 Å². The molecule has 0 aliphatic carbocycles. The number of aromatic nitrogens is 2. The Balaban J connectivity index is 2.11. The van der Waals surface area contributed by atoms with Gasteiger partial charge in [0.05, 0.1) is 17.0 Å². The Morgan fingerprint density at radius 2 is 1.71 bits per heavy atom. The highest BCUT2D eigenvalue weighted by molar-refractivity contribution is 7.92. The minimum Gasteiger partial charge on any atom is -0.436 e. The second kappa shape index (κ2) is 7.77. The fraction of sp³-hybridized carbons (Fsp3) is 0.200. The minimum absolute atomic E-state index is 0.151. The summed E-state index contributed by atoms with van der Waals surface area (Å²) in [5, 5.41) is 0.477. The highest BCUT2D eigenvalue weighted by Gasteiger charge is 2.16. The number of aryl methyl sites for hydroxylation is 3. The van der Waals surface area contributed by atoms with Gasteiger partial charge in [-0.3, -0.25) is 9.71 Å². The SMILES string of the molecule is Cc1cc(C)c(Oc2nc(-c3cncc(Cl)c3)ccc2NS(C)(=O)=O)c(C)c1. The molecule has 1 aromatic carbocycles. The molecule has 0 radical (unpaired) electrons. The largest absolute Gasteiger partial charge is 0.436 e. The van der Waals surface area contributed by atoms with Gasteiger partial charge in [-0.2, -0.15) is 0 Å². The normalized spacial score (nSPS) is 11.3. The molecule has 0 amide bonds. The molecule has 1 N–H and O–H groups in total. The van der Waals surface area contributed by atoms with Gasteiger partial charge in [-0.05, 0) is 50.1 Å². The highest BCUT2D eigenvalue weighted by Crippen LogP contribution is 2.35. The molecule has 8 heteroatoms. The molecule has 0 aliphatic heterocycles. The van der Waals surface area contributed by atoms with Crippen LogP contribution in [0.25, 0.3) is 11.3 Å². The maximum Gasteiger partial charge on any atom is 0.244 e. The monoisotopic (exact) mass is 417 g/mol. The molecule has 0 spiro atoms. The van der Waals surface area contributed by atoms with Gasteiger partial charge in [-0.25, -0.2) is 13.4 Å². The van der Waals surface area contributed by atoms with Crippen LogP contribution in [0.2, 0.25) is 5.02 Å². The molecule has 0 atom stereocenters. The number of anilines is 1. The van der Waals surface area contributed by atoms with Crippen molar-refractivity contribution in [2.24, 2.45) is 0 Å². The van der Waals surface area contributed by atoms with E-state index in [-0.39, 0.29) is 11.6 Å². The molecule has 6 nitrogen and oxygen atoms in total. The van der Waals surface area contributed by atoms with Crippen LogP contribution in [0, 0.1) is 20.8 Å². The molecule has 0 aliphatic rings. The lowest BCUT2D eigenvalue weighted by molar-refractivity contribution is 0.459. The van der Waals surface area contributed by atoms with Crippen molar-refractivity contribution in [3.63, 3.8) is 0 Å². The first kappa shape index (κ1) is 20.1. The summed E-state index contributed by atoms with van der Waals surface area (Å²) in [5.41, 5.74) is 4.48. The standard InChI is InChI=1S/C20H20ClN3O3S/c1-12-7-13(2)19(14(3)8-12)27-20-18(24-28(4,25)26)6-5-17(23-20)15-9-16(21)11-22-10-15/h5-11,24H,1-4H3. The second-order valence-electron chi connectivity index (χ2n) is 6.65. The van der Waals surface area contributed by atoms with E-state index < -0.39 is 10.0 Å². The highest BCUT2D eigenvalue weighted by atomic mass is 35.5. The summed E-state index contributed by atoms with van der Waals surface area (Å²) in [7, 11) is -3.51. The summed E-state index contributed by atoms with van der Waals surface area (Å²) in [6.07, 6.45) is 4.24. The van der Waals surface area contributed by atoms with Gasteiger partial charge < -0.3 is 4.74 Å². The van der Waals surface area contributed by atoms with Gasteiger partial charge in [0.1, 0.15) is 11.4 Å². The van der Waals surface area contributed by atoms with E-state index in [0.29, 0.717) is 22.0 Å². The summed E-state index contributed by atoms with van der Waals surface area (Å²) in [5.74, 6) is 0.786. The Morgan fingerprint density at radius 3 is 2.32 bits per heavy atom. The van der Waals surface area contributed by atoms with Crippen LogP contribution in [0.1, 0.15) is 16.7 Å². The predicted molar refractivity (Wildman–Crippen MR) is 112 cm³/mol. The minimum atomic E-state index is -3.51. The first-order chi connectivity index (χ1) is 13.1. The maximum absolute atomic E-state index is 11.8. The predicted octanol–water partition coefficient (Wildman–Crippen LogP) is 4.89. The average molecular weight is 418 g/mol. The zero-order valence-electron chi connectivity index (χ0n) is 15.9. The van der Waals surface area contributed by atoms with E-state index in [1.807, 2.05) is 32.9 Å². The van der Waals surface area contributed by atoms with Crippen LogP contribution in [0.3, 0.4) is 0 Å². The van der Waals surface area contributed by atoms with Crippen molar-refractivity contribution in [2.75, 3.05) is 11.0 Å². The van der Waals surface area contributed by atoms with E-state index in [1.165, 1.54) is 6.20 Å². The first-order valence-corrected chi connectivity index (χ1v) is 10.7. The van der Waals surface area contributed by atoms with Crippen molar-refractivity contribution < 1.29 is 13.2 Å². The van der Waals surface area contributed by atoms with Crippen molar-refractivity contribution >= 4 is 27.3 Å². The first-order valence-electron chi connectivity index (χ1n) is 8.48. The van der Waals surface area contributed by atoms with Gasteiger partial charge in [0, 0.05) is 18.0 Å². The third kappa shape index (κ3) is 4.79. The van der Waals surface area contributed by atoms with Crippen LogP contribution < -0.4 is 9.46 Å². The third-order valence-corrected chi connectivity index (χ3v) is 4.76. The molecule has 0 saturated heterocycles. The van der Waals surface area contributed by atoms with Crippen LogP contribution in [-0.2, 0) is 10.0 Å².